The van der Waals surface area contributed by atoms with Gasteiger partial charge in [0.15, 0.2) is 11.6 Å². The van der Waals surface area contributed by atoms with Crippen LogP contribution in [0.15, 0.2) is 65.8 Å². The zero-order valence-electron chi connectivity index (χ0n) is 16.4. The molecule has 0 aliphatic rings. The number of nitrogens with zero attached hydrogens (tertiary/aromatic N) is 5. The fourth-order valence-corrected chi connectivity index (χ4v) is 2.99. The fourth-order valence-electron chi connectivity index (χ4n) is 2.99. The average molecular weight is 406 g/mol. The van der Waals surface area contributed by atoms with E-state index < -0.39 is 5.82 Å². The van der Waals surface area contributed by atoms with Crippen molar-refractivity contribution in [1.82, 2.24) is 24.3 Å². The number of aryl methyl sites for hydroxylation is 1. The number of aromatic nitrogens is 5. The Hall–Kier alpha value is -4.01. The first-order valence-corrected chi connectivity index (χ1v) is 9.15. The van der Waals surface area contributed by atoms with E-state index in [4.69, 9.17) is 4.74 Å². The average Bonchev–Trinajstić information content (AvgIpc) is 3.14. The Bertz CT molecular complexity index is 1250. The highest BCUT2D eigenvalue weighted by molar-refractivity contribution is 5.60. The molecule has 0 bridgehead atoms. The number of pyridine rings is 1. The smallest absolute Gasteiger partial charge is 0.251 e. The monoisotopic (exact) mass is 406 g/mol. The molecule has 0 atom stereocenters. The Morgan fingerprint density at radius 3 is 2.70 bits per heavy atom. The maximum atomic E-state index is 13.9. The minimum atomic E-state index is -0.464. The first-order chi connectivity index (χ1) is 14.5. The molecule has 0 saturated heterocycles. The van der Waals surface area contributed by atoms with Crippen LogP contribution in [0.25, 0.3) is 11.3 Å². The number of hydrogen-bond acceptors (Lipinski definition) is 6. The molecule has 9 heteroatoms. The number of nitrogens with one attached hydrogen (secondary N) is 1. The van der Waals surface area contributed by atoms with Crippen molar-refractivity contribution in [3.05, 3.63) is 82.8 Å². The van der Waals surface area contributed by atoms with E-state index in [1.54, 1.807) is 60.7 Å². The second-order valence-corrected chi connectivity index (χ2v) is 6.58. The van der Waals surface area contributed by atoms with E-state index in [0.29, 0.717) is 22.8 Å². The molecule has 3 heterocycles. The summed E-state index contributed by atoms with van der Waals surface area (Å²) in [6.07, 6.45) is 4.95. The molecule has 0 aliphatic carbocycles. The van der Waals surface area contributed by atoms with E-state index in [-0.39, 0.29) is 17.9 Å². The summed E-state index contributed by atoms with van der Waals surface area (Å²) < 4.78 is 22.0. The van der Waals surface area contributed by atoms with E-state index in [1.807, 2.05) is 0 Å². The van der Waals surface area contributed by atoms with E-state index in [2.05, 4.69) is 20.4 Å². The third kappa shape index (κ3) is 4.04. The number of hydrogen-bond donors (Lipinski definition) is 1. The summed E-state index contributed by atoms with van der Waals surface area (Å²) in [6.45, 7) is 0.247. The lowest BCUT2D eigenvalue weighted by Gasteiger charge is -2.10. The van der Waals surface area contributed by atoms with Crippen molar-refractivity contribution in [2.45, 2.75) is 6.54 Å². The molecule has 0 aliphatic heterocycles. The third-order valence-electron chi connectivity index (χ3n) is 4.58. The van der Waals surface area contributed by atoms with Crippen molar-refractivity contribution >= 4 is 11.8 Å². The van der Waals surface area contributed by atoms with Gasteiger partial charge < -0.3 is 14.6 Å². The molecule has 0 unspecified atom stereocenters. The summed E-state index contributed by atoms with van der Waals surface area (Å²) in [5.74, 6) is 0.845. The minimum absolute atomic E-state index is 0.167. The number of halogens is 1. The molecule has 0 radical (unpaired) electrons. The van der Waals surface area contributed by atoms with E-state index in [0.717, 1.165) is 5.82 Å². The molecule has 0 amide bonds. The highest BCUT2D eigenvalue weighted by atomic mass is 19.1. The zero-order chi connectivity index (χ0) is 21.1. The van der Waals surface area contributed by atoms with Crippen molar-refractivity contribution in [3.8, 4) is 17.0 Å². The van der Waals surface area contributed by atoms with Crippen LogP contribution in [0, 0.1) is 5.82 Å². The summed E-state index contributed by atoms with van der Waals surface area (Å²) >= 11 is 0. The quantitative estimate of drug-likeness (QED) is 0.530. The first-order valence-electron chi connectivity index (χ1n) is 9.15. The Labute approximate surface area is 171 Å². The number of methoxy groups -OCH3 is 1. The van der Waals surface area contributed by atoms with Gasteiger partial charge in [0.05, 0.1) is 25.5 Å². The van der Waals surface area contributed by atoms with Crippen molar-refractivity contribution < 1.29 is 9.13 Å². The highest BCUT2D eigenvalue weighted by Gasteiger charge is 2.08. The van der Waals surface area contributed by atoms with Crippen LogP contribution in [0.5, 0.6) is 5.75 Å². The Kier molecular flexibility index (Phi) is 5.25. The maximum Gasteiger partial charge on any atom is 0.251 e. The predicted molar refractivity (Wildman–Crippen MR) is 110 cm³/mol. The van der Waals surface area contributed by atoms with Crippen LogP contribution in [-0.2, 0) is 13.6 Å². The van der Waals surface area contributed by atoms with Crippen LogP contribution in [0.2, 0.25) is 0 Å². The van der Waals surface area contributed by atoms with Crippen LogP contribution in [0.4, 0.5) is 16.2 Å². The zero-order valence-corrected chi connectivity index (χ0v) is 16.4. The molecule has 0 fully saturated rings. The Morgan fingerprint density at radius 1 is 1.13 bits per heavy atom. The minimum Gasteiger partial charge on any atom is -0.494 e. The molecule has 1 aromatic carbocycles. The lowest BCUT2D eigenvalue weighted by atomic mass is 10.1. The van der Waals surface area contributed by atoms with Crippen molar-refractivity contribution in [2.75, 3.05) is 12.4 Å². The predicted octanol–water partition coefficient (Wildman–Crippen LogP) is 2.98. The summed E-state index contributed by atoms with van der Waals surface area (Å²) in [7, 11) is 3.21. The second kappa shape index (κ2) is 8.16. The summed E-state index contributed by atoms with van der Waals surface area (Å²) in [5.41, 5.74) is 1.71. The lowest BCUT2D eigenvalue weighted by molar-refractivity contribution is 0.386. The van der Waals surface area contributed by atoms with Gasteiger partial charge in [0.2, 0.25) is 5.95 Å². The van der Waals surface area contributed by atoms with Gasteiger partial charge in [0.25, 0.3) is 5.56 Å². The van der Waals surface area contributed by atoms with Gasteiger partial charge in [-0.25, -0.2) is 14.4 Å². The summed E-state index contributed by atoms with van der Waals surface area (Å²) in [5, 5.41) is 7.17. The molecule has 1 N–H and O–H groups in total. The van der Waals surface area contributed by atoms with Crippen LogP contribution >= 0.6 is 0 Å². The largest absolute Gasteiger partial charge is 0.494 e. The van der Waals surface area contributed by atoms with Crippen LogP contribution < -0.4 is 15.6 Å². The van der Waals surface area contributed by atoms with Gasteiger partial charge in [0, 0.05) is 37.1 Å². The van der Waals surface area contributed by atoms with Gasteiger partial charge in [-0.05, 0) is 29.8 Å². The van der Waals surface area contributed by atoms with Gasteiger partial charge in [-0.15, -0.1) is 0 Å². The molecule has 30 heavy (non-hydrogen) atoms. The van der Waals surface area contributed by atoms with Crippen LogP contribution in [0.3, 0.4) is 0 Å². The number of ether oxygens (including phenoxy) is 1. The SMILES string of the molecule is COc1ccc(Cn2ccc(-c3ccnc(Nc4ccnn4C)n3)cc2=O)cc1F. The maximum absolute atomic E-state index is 13.9. The Balaban J connectivity index is 1.56. The lowest BCUT2D eigenvalue weighted by Crippen LogP contribution is -2.19. The molecular weight excluding hydrogens is 387 g/mol. The van der Waals surface area contributed by atoms with E-state index in [9.17, 15) is 9.18 Å². The summed E-state index contributed by atoms with van der Waals surface area (Å²) in [6, 6.07) is 11.4. The third-order valence-corrected chi connectivity index (χ3v) is 4.58. The van der Waals surface area contributed by atoms with Gasteiger partial charge in [0.1, 0.15) is 5.82 Å². The van der Waals surface area contributed by atoms with Crippen LogP contribution in [0.1, 0.15) is 5.56 Å². The normalized spacial score (nSPS) is 10.8. The molecule has 0 spiro atoms. The van der Waals surface area contributed by atoms with Crippen LogP contribution in [-0.4, -0.2) is 31.4 Å². The number of anilines is 2. The molecule has 4 rings (SSSR count). The van der Waals surface area contributed by atoms with Crippen molar-refractivity contribution in [2.24, 2.45) is 7.05 Å². The van der Waals surface area contributed by atoms with Gasteiger partial charge >= 0.3 is 0 Å². The number of benzene rings is 1. The van der Waals surface area contributed by atoms with Gasteiger partial charge in [-0.1, -0.05) is 6.07 Å². The molecule has 4 aromatic rings. The number of rotatable bonds is 6. The van der Waals surface area contributed by atoms with E-state index in [1.165, 1.54) is 23.8 Å². The topological polar surface area (TPSA) is 86.9 Å². The summed E-state index contributed by atoms with van der Waals surface area (Å²) in [4.78, 5) is 21.3. The van der Waals surface area contributed by atoms with E-state index >= 15 is 0 Å². The molecule has 152 valence electrons. The highest BCUT2D eigenvalue weighted by Crippen LogP contribution is 2.20. The molecule has 3 aromatic heterocycles. The molecular formula is C21H19FN6O2. The van der Waals surface area contributed by atoms with Gasteiger partial charge in [-0.2, -0.15) is 5.10 Å². The molecule has 8 nitrogen and oxygen atoms in total. The van der Waals surface area contributed by atoms with Crippen molar-refractivity contribution in [1.29, 1.82) is 0 Å². The first kappa shape index (κ1) is 19.3. The van der Waals surface area contributed by atoms with Crippen molar-refractivity contribution in [3.63, 3.8) is 0 Å². The van der Waals surface area contributed by atoms with Gasteiger partial charge in [-0.3, -0.25) is 9.48 Å². The molecule has 0 saturated carbocycles. The standard InChI is InChI=1S/C21H19FN6O2/c1-27-19(6-9-24-27)26-21-23-8-5-17(25-21)15-7-10-28(20(29)12-15)13-14-3-4-18(30-2)16(22)11-14/h3-12H,13H2,1-2H3,(H,23,25,26). The fraction of sp³-hybridized carbons (Fsp3) is 0.143. The Morgan fingerprint density at radius 2 is 2.00 bits per heavy atom. The second-order valence-electron chi connectivity index (χ2n) is 6.58.